The number of hydrogen-bond donors (Lipinski definition) is 2. The van der Waals surface area contributed by atoms with E-state index in [4.69, 9.17) is 21.4 Å². The Morgan fingerprint density at radius 2 is 2.19 bits per heavy atom. The maximum atomic E-state index is 12.8. The van der Waals surface area contributed by atoms with E-state index in [-0.39, 0.29) is 25.0 Å². The normalized spacial score (nSPS) is 16.6. The Balaban J connectivity index is 1.77. The third kappa shape index (κ3) is 4.42. The van der Waals surface area contributed by atoms with Crippen LogP contribution in [0, 0.1) is 0 Å². The van der Waals surface area contributed by atoms with Crippen LogP contribution in [0.2, 0.25) is 5.02 Å². The molecule has 3 rings (SSSR count). The van der Waals surface area contributed by atoms with Crippen molar-refractivity contribution >= 4 is 23.5 Å². The van der Waals surface area contributed by atoms with Crippen molar-refractivity contribution in [2.45, 2.75) is 25.4 Å². The molecule has 0 unspecified atom stereocenters. The lowest BCUT2D eigenvalue weighted by Crippen LogP contribution is -2.39. The molecule has 0 radical (unpaired) electrons. The molecular formula is C18H20ClN3O4. The van der Waals surface area contributed by atoms with Gasteiger partial charge in [-0.05, 0) is 25.0 Å². The molecule has 1 atom stereocenters. The summed E-state index contributed by atoms with van der Waals surface area (Å²) in [6.07, 6.45) is 1.64. The zero-order valence-corrected chi connectivity index (χ0v) is 14.9. The number of carboxylic acid groups (broad SMARTS) is 1. The van der Waals surface area contributed by atoms with Gasteiger partial charge in [0.05, 0.1) is 23.2 Å². The van der Waals surface area contributed by atoms with Gasteiger partial charge in [-0.25, -0.2) is 0 Å². The summed E-state index contributed by atoms with van der Waals surface area (Å²) in [5, 5.41) is 16.4. The van der Waals surface area contributed by atoms with E-state index in [9.17, 15) is 9.59 Å². The first-order valence-electron chi connectivity index (χ1n) is 8.47. The average Bonchev–Trinajstić information content (AvgIpc) is 3.30. The van der Waals surface area contributed by atoms with Crippen LogP contribution in [0.25, 0.3) is 11.3 Å². The third-order valence-electron chi connectivity index (χ3n) is 4.29. The number of hydrogen-bond acceptors (Lipinski definition) is 4. The number of nitrogens with zero attached hydrogens (tertiary/aromatic N) is 2. The van der Waals surface area contributed by atoms with E-state index >= 15 is 0 Å². The third-order valence-corrected chi connectivity index (χ3v) is 4.62. The summed E-state index contributed by atoms with van der Waals surface area (Å²) in [4.78, 5) is 25.3. The minimum atomic E-state index is -0.948. The predicted octanol–water partition coefficient (Wildman–Crippen LogP) is 2.83. The molecule has 7 nitrogen and oxygen atoms in total. The predicted molar refractivity (Wildman–Crippen MR) is 96.2 cm³/mol. The average molecular weight is 378 g/mol. The van der Waals surface area contributed by atoms with Crippen LogP contribution in [0.3, 0.4) is 0 Å². The zero-order chi connectivity index (χ0) is 18.5. The molecule has 1 aliphatic heterocycles. The van der Waals surface area contributed by atoms with Crippen molar-refractivity contribution in [3.63, 3.8) is 0 Å². The molecule has 0 spiro atoms. The van der Waals surface area contributed by atoms with Crippen molar-refractivity contribution in [2.24, 2.45) is 0 Å². The molecule has 138 valence electrons. The van der Waals surface area contributed by atoms with E-state index in [1.807, 2.05) is 18.2 Å². The first kappa shape index (κ1) is 18.4. The second-order valence-electron chi connectivity index (χ2n) is 6.18. The van der Waals surface area contributed by atoms with E-state index < -0.39 is 5.97 Å². The van der Waals surface area contributed by atoms with Crippen LogP contribution in [0.4, 0.5) is 0 Å². The highest BCUT2D eigenvalue weighted by Crippen LogP contribution is 2.26. The number of nitrogens with one attached hydrogen (secondary N) is 1. The van der Waals surface area contributed by atoms with Crippen LogP contribution >= 0.6 is 11.6 Å². The Morgan fingerprint density at radius 1 is 1.38 bits per heavy atom. The lowest BCUT2D eigenvalue weighted by Gasteiger charge is -2.24. The second kappa shape index (κ2) is 8.33. The molecule has 2 heterocycles. The number of aromatic amines is 1. The van der Waals surface area contributed by atoms with Gasteiger partial charge in [-0.1, -0.05) is 29.8 Å². The van der Waals surface area contributed by atoms with Crippen LogP contribution in [0.1, 0.15) is 29.8 Å². The minimum absolute atomic E-state index is 0.0568. The number of carboxylic acids is 1. The summed E-state index contributed by atoms with van der Waals surface area (Å²) < 4.78 is 5.58. The number of benzene rings is 1. The number of aromatic nitrogens is 2. The number of amides is 1. The highest BCUT2D eigenvalue weighted by atomic mass is 35.5. The molecule has 0 aliphatic carbocycles. The van der Waals surface area contributed by atoms with Gasteiger partial charge in [-0.15, -0.1) is 0 Å². The summed E-state index contributed by atoms with van der Waals surface area (Å²) in [5.74, 6) is -1.25. The Bertz CT molecular complexity index is 786. The smallest absolute Gasteiger partial charge is 0.305 e. The minimum Gasteiger partial charge on any atom is -0.481 e. The van der Waals surface area contributed by atoms with E-state index in [0.717, 1.165) is 18.4 Å². The van der Waals surface area contributed by atoms with Crippen LogP contribution in [0.5, 0.6) is 0 Å². The van der Waals surface area contributed by atoms with Gasteiger partial charge in [0.2, 0.25) is 0 Å². The molecule has 0 bridgehead atoms. The standard InChI is InChI=1S/C18H20ClN3O4/c19-14-6-2-1-5-13(14)15-10-16(21-20-15)18(25)22(8-7-17(23)24)11-12-4-3-9-26-12/h1-2,5-6,10,12H,3-4,7-9,11H2,(H,20,21)(H,23,24)/t12-/m0/s1. The molecule has 1 fully saturated rings. The lowest BCUT2D eigenvalue weighted by molar-refractivity contribution is -0.137. The van der Waals surface area contributed by atoms with E-state index in [1.54, 1.807) is 12.1 Å². The summed E-state index contributed by atoms with van der Waals surface area (Å²) in [5.41, 5.74) is 1.58. The fraction of sp³-hybridized carbons (Fsp3) is 0.389. The Morgan fingerprint density at radius 3 is 2.88 bits per heavy atom. The number of aliphatic carboxylic acids is 1. The zero-order valence-electron chi connectivity index (χ0n) is 14.2. The number of H-pyrrole nitrogens is 1. The molecule has 2 N–H and O–H groups in total. The number of ether oxygens (including phenoxy) is 1. The number of halogens is 1. The Labute approximate surface area is 155 Å². The SMILES string of the molecule is O=C(O)CCN(C[C@@H]1CCCO1)C(=O)c1cc(-c2ccccc2Cl)n[nH]1. The van der Waals surface area contributed by atoms with E-state index in [2.05, 4.69) is 10.2 Å². The van der Waals surface area contributed by atoms with E-state index in [1.165, 1.54) is 4.90 Å². The Hall–Kier alpha value is -2.38. The highest BCUT2D eigenvalue weighted by Gasteiger charge is 2.25. The van der Waals surface area contributed by atoms with Gasteiger partial charge in [0.25, 0.3) is 5.91 Å². The van der Waals surface area contributed by atoms with Gasteiger partial charge >= 0.3 is 5.97 Å². The molecule has 1 saturated heterocycles. The molecule has 1 amide bonds. The van der Waals surface area contributed by atoms with Crippen molar-refractivity contribution in [1.82, 2.24) is 15.1 Å². The largest absolute Gasteiger partial charge is 0.481 e. The first-order chi connectivity index (χ1) is 12.5. The van der Waals surface area contributed by atoms with Crippen molar-refractivity contribution < 1.29 is 19.4 Å². The first-order valence-corrected chi connectivity index (χ1v) is 8.85. The molecule has 26 heavy (non-hydrogen) atoms. The van der Waals surface area contributed by atoms with Gasteiger partial charge in [-0.3, -0.25) is 14.7 Å². The van der Waals surface area contributed by atoms with Gasteiger partial charge in [-0.2, -0.15) is 5.10 Å². The molecule has 2 aromatic rings. The molecule has 1 aliphatic rings. The number of carbonyl (C=O) groups excluding carboxylic acids is 1. The molecular weight excluding hydrogens is 358 g/mol. The van der Waals surface area contributed by atoms with Crippen LogP contribution in [-0.4, -0.2) is 57.9 Å². The van der Waals surface area contributed by atoms with Gasteiger partial charge in [0.1, 0.15) is 5.69 Å². The summed E-state index contributed by atoms with van der Waals surface area (Å²) in [7, 11) is 0. The maximum Gasteiger partial charge on any atom is 0.305 e. The molecule has 1 aromatic heterocycles. The van der Waals surface area contributed by atoms with Gasteiger partial charge < -0.3 is 14.7 Å². The number of rotatable bonds is 7. The van der Waals surface area contributed by atoms with Crippen LogP contribution in [0.15, 0.2) is 30.3 Å². The van der Waals surface area contributed by atoms with Crippen molar-refractivity contribution in [3.05, 3.63) is 41.0 Å². The quantitative estimate of drug-likeness (QED) is 0.773. The maximum absolute atomic E-state index is 12.8. The highest BCUT2D eigenvalue weighted by molar-refractivity contribution is 6.33. The van der Waals surface area contributed by atoms with Crippen molar-refractivity contribution in [3.8, 4) is 11.3 Å². The fourth-order valence-corrected chi connectivity index (χ4v) is 3.18. The van der Waals surface area contributed by atoms with Crippen molar-refractivity contribution in [2.75, 3.05) is 19.7 Å². The molecule has 8 heteroatoms. The summed E-state index contributed by atoms with van der Waals surface area (Å²) in [6, 6.07) is 8.87. The van der Waals surface area contributed by atoms with Gasteiger partial charge in [0.15, 0.2) is 0 Å². The van der Waals surface area contributed by atoms with Crippen LogP contribution in [-0.2, 0) is 9.53 Å². The second-order valence-corrected chi connectivity index (χ2v) is 6.58. The lowest BCUT2D eigenvalue weighted by atomic mass is 10.1. The molecule has 0 saturated carbocycles. The monoisotopic (exact) mass is 377 g/mol. The fourth-order valence-electron chi connectivity index (χ4n) is 2.95. The number of carbonyl (C=O) groups is 2. The Kier molecular flexibility index (Phi) is 5.90. The van der Waals surface area contributed by atoms with Gasteiger partial charge in [0, 0.05) is 25.3 Å². The summed E-state index contributed by atoms with van der Waals surface area (Å²) in [6.45, 7) is 1.16. The topological polar surface area (TPSA) is 95.5 Å². The van der Waals surface area contributed by atoms with Crippen molar-refractivity contribution in [1.29, 1.82) is 0 Å². The van der Waals surface area contributed by atoms with E-state index in [0.29, 0.717) is 29.6 Å². The summed E-state index contributed by atoms with van der Waals surface area (Å²) >= 11 is 6.18. The van der Waals surface area contributed by atoms with Crippen LogP contribution < -0.4 is 0 Å². The molecule has 1 aromatic carbocycles.